The molecule has 0 aliphatic carbocycles. The molecule has 0 bridgehead atoms. The van der Waals surface area contributed by atoms with Gasteiger partial charge in [-0.1, -0.05) is 54.6 Å². The Kier molecular flexibility index (Phi) is 7.66. The number of aryl methyl sites for hydroxylation is 1. The largest absolute Gasteiger partial charge is 0.487 e. The summed E-state index contributed by atoms with van der Waals surface area (Å²) in [6, 6.07) is 27.6. The first kappa shape index (κ1) is 24.0. The van der Waals surface area contributed by atoms with Gasteiger partial charge < -0.3 is 10.1 Å². The molecule has 0 radical (unpaired) electrons. The number of nitrogens with zero attached hydrogens (tertiary/aromatic N) is 1. The van der Waals surface area contributed by atoms with E-state index in [1.54, 1.807) is 12.1 Å². The summed E-state index contributed by atoms with van der Waals surface area (Å²) in [6.07, 6.45) is 1.58. The molecule has 34 heavy (non-hydrogen) atoms. The number of fused-ring (bicyclic) bond motifs is 1. The summed E-state index contributed by atoms with van der Waals surface area (Å²) in [7, 11) is 0. The third-order valence-corrected chi connectivity index (χ3v) is 6.61. The molecule has 0 saturated carbocycles. The lowest BCUT2D eigenvalue weighted by Crippen LogP contribution is -2.13. The summed E-state index contributed by atoms with van der Waals surface area (Å²) in [6.45, 7) is 2.37. The van der Waals surface area contributed by atoms with Crippen molar-refractivity contribution in [1.29, 1.82) is 5.26 Å². The van der Waals surface area contributed by atoms with Crippen molar-refractivity contribution in [3.05, 3.63) is 109 Å². The first-order chi connectivity index (χ1) is 16.4. The average molecular weight is 623 g/mol. The van der Waals surface area contributed by atoms with Crippen LogP contribution >= 0.6 is 38.5 Å². The number of halogens is 2. The van der Waals surface area contributed by atoms with Gasteiger partial charge in [0.2, 0.25) is 0 Å². The Morgan fingerprint density at radius 3 is 2.62 bits per heavy atom. The monoisotopic (exact) mass is 622 g/mol. The predicted molar refractivity (Wildman–Crippen MR) is 149 cm³/mol. The zero-order valence-electron chi connectivity index (χ0n) is 18.3. The van der Waals surface area contributed by atoms with Gasteiger partial charge in [-0.15, -0.1) is 0 Å². The Morgan fingerprint density at radius 2 is 1.85 bits per heavy atom. The number of nitrogens with one attached hydrogen (secondary N) is 1. The summed E-state index contributed by atoms with van der Waals surface area (Å²) in [5.74, 6) is 0.268. The van der Waals surface area contributed by atoms with Gasteiger partial charge >= 0.3 is 0 Å². The number of benzene rings is 4. The molecule has 0 heterocycles. The van der Waals surface area contributed by atoms with Gasteiger partial charge in [-0.3, -0.25) is 4.79 Å². The number of hydrogen-bond acceptors (Lipinski definition) is 3. The van der Waals surface area contributed by atoms with Gasteiger partial charge in [-0.2, -0.15) is 5.26 Å². The van der Waals surface area contributed by atoms with Crippen molar-refractivity contribution in [3.63, 3.8) is 0 Å². The molecule has 1 amide bonds. The molecule has 0 unspecified atom stereocenters. The minimum absolute atomic E-state index is 0.0219. The van der Waals surface area contributed by atoms with E-state index in [9.17, 15) is 10.1 Å². The van der Waals surface area contributed by atoms with Crippen molar-refractivity contribution >= 4 is 67.0 Å². The Balaban J connectivity index is 1.53. The van der Waals surface area contributed by atoms with Crippen molar-refractivity contribution in [2.24, 2.45) is 0 Å². The molecule has 4 nitrogen and oxygen atoms in total. The summed E-state index contributed by atoms with van der Waals surface area (Å²) in [4.78, 5) is 12.6. The van der Waals surface area contributed by atoms with Crippen LogP contribution in [-0.4, -0.2) is 5.91 Å². The quantitative estimate of drug-likeness (QED) is 0.137. The second-order valence-electron chi connectivity index (χ2n) is 7.73. The molecule has 168 valence electrons. The van der Waals surface area contributed by atoms with E-state index in [2.05, 4.69) is 68.1 Å². The van der Waals surface area contributed by atoms with Crippen LogP contribution in [0.5, 0.6) is 5.75 Å². The molecule has 4 rings (SSSR count). The number of rotatable bonds is 6. The highest BCUT2D eigenvalue weighted by Crippen LogP contribution is 2.34. The number of hydrogen-bond donors (Lipinski definition) is 1. The predicted octanol–water partition coefficient (Wildman–Crippen LogP) is 7.64. The molecule has 0 aromatic heterocycles. The highest BCUT2D eigenvalue weighted by Gasteiger charge is 2.13. The molecule has 0 aliphatic rings. The molecular formula is C28H20BrIN2O2. The van der Waals surface area contributed by atoms with Gasteiger partial charge in [0.15, 0.2) is 0 Å². The molecule has 0 saturated heterocycles. The minimum Gasteiger partial charge on any atom is -0.487 e. The van der Waals surface area contributed by atoms with Crippen LogP contribution in [0.3, 0.4) is 0 Å². The molecule has 6 heteroatoms. The standard InChI is InChI=1S/C28H20BrIN2O2/c1-18-6-4-10-23(12-18)32-28(33)22(16-31)13-19-14-25(29)27(26(30)15-19)34-17-21-9-5-8-20-7-2-3-11-24(20)21/h2-15H,17H2,1H3,(H,32,33)/b22-13-. The smallest absolute Gasteiger partial charge is 0.266 e. The van der Waals surface area contributed by atoms with Gasteiger partial charge in [-0.05, 0) is 103 Å². The topological polar surface area (TPSA) is 62.1 Å². The Bertz CT molecular complexity index is 1430. The highest BCUT2D eigenvalue weighted by atomic mass is 127. The van der Waals surface area contributed by atoms with Crippen LogP contribution in [0.1, 0.15) is 16.7 Å². The van der Waals surface area contributed by atoms with E-state index in [-0.39, 0.29) is 5.57 Å². The normalized spacial score (nSPS) is 11.2. The van der Waals surface area contributed by atoms with Crippen LogP contribution in [0.2, 0.25) is 0 Å². The number of anilines is 1. The molecule has 0 spiro atoms. The number of ether oxygens (including phenoxy) is 1. The molecule has 4 aromatic rings. The van der Waals surface area contributed by atoms with Gasteiger partial charge in [0.05, 0.1) is 8.04 Å². The van der Waals surface area contributed by atoms with E-state index in [1.807, 2.05) is 61.5 Å². The van der Waals surface area contributed by atoms with E-state index in [4.69, 9.17) is 4.74 Å². The molecule has 4 aromatic carbocycles. The van der Waals surface area contributed by atoms with Crippen molar-refractivity contribution < 1.29 is 9.53 Å². The van der Waals surface area contributed by atoms with Gasteiger partial charge in [0.1, 0.15) is 24.0 Å². The van der Waals surface area contributed by atoms with Gasteiger partial charge in [-0.25, -0.2) is 0 Å². The maximum Gasteiger partial charge on any atom is 0.266 e. The maximum absolute atomic E-state index is 12.6. The van der Waals surface area contributed by atoms with E-state index in [0.29, 0.717) is 18.0 Å². The Hall–Kier alpha value is -3.15. The third kappa shape index (κ3) is 5.66. The number of carbonyl (C=O) groups excluding carboxylic acids is 1. The van der Waals surface area contributed by atoms with Crippen LogP contribution in [0, 0.1) is 21.8 Å². The van der Waals surface area contributed by atoms with E-state index < -0.39 is 5.91 Å². The number of carbonyl (C=O) groups is 1. The molecule has 0 atom stereocenters. The van der Waals surface area contributed by atoms with Crippen molar-refractivity contribution in [3.8, 4) is 11.8 Å². The van der Waals surface area contributed by atoms with E-state index >= 15 is 0 Å². The van der Waals surface area contributed by atoms with E-state index in [1.165, 1.54) is 5.39 Å². The third-order valence-electron chi connectivity index (χ3n) is 5.22. The van der Waals surface area contributed by atoms with Gasteiger partial charge in [0.25, 0.3) is 5.91 Å². The zero-order valence-corrected chi connectivity index (χ0v) is 22.1. The second kappa shape index (κ2) is 10.9. The van der Waals surface area contributed by atoms with Crippen LogP contribution in [0.25, 0.3) is 16.8 Å². The number of nitriles is 1. The summed E-state index contributed by atoms with van der Waals surface area (Å²) in [5.41, 5.74) is 3.53. The summed E-state index contributed by atoms with van der Waals surface area (Å²) >= 11 is 5.79. The fourth-order valence-corrected chi connectivity index (χ4v) is 5.37. The molecule has 0 aliphatic heterocycles. The van der Waals surface area contributed by atoms with Crippen molar-refractivity contribution in [1.82, 2.24) is 0 Å². The van der Waals surface area contributed by atoms with Crippen LogP contribution < -0.4 is 10.1 Å². The zero-order chi connectivity index (χ0) is 24.1. The van der Waals surface area contributed by atoms with Crippen molar-refractivity contribution in [2.75, 3.05) is 5.32 Å². The molecular weight excluding hydrogens is 603 g/mol. The first-order valence-electron chi connectivity index (χ1n) is 10.5. The summed E-state index contributed by atoms with van der Waals surface area (Å²) < 4.78 is 7.79. The Morgan fingerprint density at radius 1 is 1.09 bits per heavy atom. The lowest BCUT2D eigenvalue weighted by Gasteiger charge is -2.13. The van der Waals surface area contributed by atoms with Crippen molar-refractivity contribution in [2.45, 2.75) is 13.5 Å². The van der Waals surface area contributed by atoms with Crippen LogP contribution in [-0.2, 0) is 11.4 Å². The lowest BCUT2D eigenvalue weighted by atomic mass is 10.1. The highest BCUT2D eigenvalue weighted by molar-refractivity contribution is 14.1. The first-order valence-corrected chi connectivity index (χ1v) is 12.4. The Labute approximate surface area is 220 Å². The number of amides is 1. The molecule has 0 fully saturated rings. The SMILES string of the molecule is Cc1cccc(NC(=O)/C(C#N)=C\c2cc(Br)c(OCc3cccc4ccccc34)c(I)c2)c1. The lowest BCUT2D eigenvalue weighted by molar-refractivity contribution is -0.112. The van der Waals surface area contributed by atoms with Crippen LogP contribution in [0.4, 0.5) is 5.69 Å². The fraction of sp³-hybridized carbons (Fsp3) is 0.0714. The minimum atomic E-state index is -0.449. The van der Waals surface area contributed by atoms with Gasteiger partial charge in [0, 0.05) is 5.69 Å². The van der Waals surface area contributed by atoms with E-state index in [0.717, 1.165) is 30.1 Å². The fourth-order valence-electron chi connectivity index (χ4n) is 3.61. The van der Waals surface area contributed by atoms with Crippen LogP contribution in [0.15, 0.2) is 88.9 Å². The average Bonchev–Trinajstić information content (AvgIpc) is 2.82. The molecule has 1 N–H and O–H groups in total. The second-order valence-corrected chi connectivity index (χ2v) is 9.75. The maximum atomic E-state index is 12.6. The summed E-state index contributed by atoms with van der Waals surface area (Å²) in [5, 5.41) is 14.7.